The van der Waals surface area contributed by atoms with E-state index in [9.17, 15) is 4.79 Å². The average molecular weight is 438 g/mol. The minimum absolute atomic E-state index is 0.292. The molecule has 126 valence electrons. The first-order valence-electron chi connectivity index (χ1n) is 7.13. The maximum Gasteiger partial charge on any atom is 0.289 e. The molecule has 0 saturated heterocycles. The molecule has 0 atom stereocenters. The number of rotatable bonds is 4. The largest absolute Gasteiger partial charge is 0.289 e. The van der Waals surface area contributed by atoms with Crippen LogP contribution in [0.25, 0.3) is 11.3 Å². The first-order valence-corrected chi connectivity index (χ1v) is 8.68. The van der Waals surface area contributed by atoms with Gasteiger partial charge in [0.1, 0.15) is 5.69 Å². The topological polar surface area (TPSA) is 70.1 Å². The van der Waals surface area contributed by atoms with Gasteiger partial charge in [0.15, 0.2) is 0 Å². The van der Waals surface area contributed by atoms with E-state index in [2.05, 4.69) is 36.7 Å². The number of aromatic amines is 1. The second-order valence-corrected chi connectivity index (χ2v) is 6.74. The van der Waals surface area contributed by atoms with E-state index in [0.717, 1.165) is 10.0 Å². The maximum absolute atomic E-state index is 12.1. The van der Waals surface area contributed by atoms with Crippen LogP contribution in [0.15, 0.2) is 58.1 Å². The van der Waals surface area contributed by atoms with Gasteiger partial charge in [-0.15, -0.1) is 0 Å². The van der Waals surface area contributed by atoms with Crippen molar-refractivity contribution in [2.75, 3.05) is 0 Å². The fraction of sp³-hybridized carbons (Fsp3) is 0. The van der Waals surface area contributed by atoms with E-state index in [-0.39, 0.29) is 0 Å². The van der Waals surface area contributed by atoms with E-state index in [1.54, 1.807) is 24.3 Å². The molecule has 0 unspecified atom stereocenters. The van der Waals surface area contributed by atoms with Gasteiger partial charge in [-0.1, -0.05) is 57.3 Å². The summed E-state index contributed by atoms with van der Waals surface area (Å²) in [7, 11) is 0. The van der Waals surface area contributed by atoms with Crippen LogP contribution in [-0.4, -0.2) is 22.3 Å². The lowest BCUT2D eigenvalue weighted by Gasteiger charge is -2.00. The quantitative estimate of drug-likeness (QED) is 0.449. The number of halogens is 3. The first-order chi connectivity index (χ1) is 12.0. The molecule has 5 nitrogen and oxygen atoms in total. The summed E-state index contributed by atoms with van der Waals surface area (Å²) >= 11 is 15.4. The Morgan fingerprint density at radius 2 is 1.84 bits per heavy atom. The molecule has 25 heavy (non-hydrogen) atoms. The molecule has 2 N–H and O–H groups in total. The molecular weight excluding hydrogens is 427 g/mol. The van der Waals surface area contributed by atoms with Gasteiger partial charge in [0.25, 0.3) is 5.91 Å². The van der Waals surface area contributed by atoms with E-state index in [4.69, 9.17) is 23.2 Å². The molecule has 0 bridgehead atoms. The van der Waals surface area contributed by atoms with Crippen molar-refractivity contribution in [3.63, 3.8) is 0 Å². The van der Waals surface area contributed by atoms with Crippen molar-refractivity contribution in [1.29, 1.82) is 0 Å². The van der Waals surface area contributed by atoms with Crippen LogP contribution in [-0.2, 0) is 0 Å². The number of nitrogens with zero attached hydrogens (tertiary/aromatic N) is 2. The minimum atomic E-state index is -0.421. The highest BCUT2D eigenvalue weighted by atomic mass is 79.9. The Labute approximate surface area is 162 Å². The molecule has 1 heterocycles. The molecule has 0 aliphatic heterocycles. The van der Waals surface area contributed by atoms with Gasteiger partial charge < -0.3 is 0 Å². The zero-order valence-electron chi connectivity index (χ0n) is 12.6. The number of H-pyrrole nitrogens is 1. The minimum Gasteiger partial charge on any atom is -0.272 e. The molecule has 2 aromatic carbocycles. The highest BCUT2D eigenvalue weighted by molar-refractivity contribution is 9.10. The van der Waals surface area contributed by atoms with Crippen molar-refractivity contribution in [2.45, 2.75) is 0 Å². The Balaban J connectivity index is 1.70. The number of hydrazone groups is 1. The molecule has 1 aromatic heterocycles. The molecule has 0 aliphatic carbocycles. The summed E-state index contributed by atoms with van der Waals surface area (Å²) < 4.78 is 0.970. The van der Waals surface area contributed by atoms with Gasteiger partial charge in [-0.3, -0.25) is 9.89 Å². The summed E-state index contributed by atoms with van der Waals surface area (Å²) in [6.45, 7) is 0. The monoisotopic (exact) mass is 436 g/mol. The number of carbonyl (C=O) groups excluding carboxylic acids is 1. The Bertz CT molecular complexity index is 918. The van der Waals surface area contributed by atoms with Crippen molar-refractivity contribution in [3.05, 3.63) is 74.3 Å². The predicted octanol–water partition coefficient (Wildman–Crippen LogP) is 4.91. The molecule has 3 rings (SSSR count). The average Bonchev–Trinajstić information content (AvgIpc) is 3.08. The highest BCUT2D eigenvalue weighted by Gasteiger charge is 2.10. The number of carbonyl (C=O) groups is 1. The van der Waals surface area contributed by atoms with Crippen molar-refractivity contribution in [1.82, 2.24) is 15.6 Å². The smallest absolute Gasteiger partial charge is 0.272 e. The molecule has 0 spiro atoms. The van der Waals surface area contributed by atoms with Crippen LogP contribution in [0.3, 0.4) is 0 Å². The number of hydrogen-bond acceptors (Lipinski definition) is 3. The normalized spacial score (nSPS) is 11.0. The summed E-state index contributed by atoms with van der Waals surface area (Å²) in [5.74, 6) is -0.421. The van der Waals surface area contributed by atoms with Crippen molar-refractivity contribution < 1.29 is 4.79 Å². The third-order valence-electron chi connectivity index (χ3n) is 3.32. The van der Waals surface area contributed by atoms with Crippen LogP contribution >= 0.6 is 39.1 Å². The summed E-state index contributed by atoms with van der Waals surface area (Å²) in [5, 5.41) is 11.6. The Hall–Kier alpha value is -2.15. The van der Waals surface area contributed by atoms with Gasteiger partial charge in [-0.2, -0.15) is 10.2 Å². The van der Waals surface area contributed by atoms with Crippen LogP contribution in [0.4, 0.5) is 0 Å². The van der Waals surface area contributed by atoms with Crippen molar-refractivity contribution >= 4 is 51.3 Å². The molecule has 1 amide bonds. The number of amides is 1. The molecular formula is C17H11BrCl2N4O. The van der Waals surface area contributed by atoms with E-state index in [0.29, 0.717) is 27.0 Å². The lowest BCUT2D eigenvalue weighted by molar-refractivity contribution is 0.0950. The van der Waals surface area contributed by atoms with Crippen LogP contribution < -0.4 is 5.43 Å². The van der Waals surface area contributed by atoms with Crippen LogP contribution in [0.5, 0.6) is 0 Å². The maximum atomic E-state index is 12.1. The second-order valence-electron chi connectivity index (χ2n) is 5.01. The summed E-state index contributed by atoms with van der Waals surface area (Å²) in [5.41, 5.74) is 4.79. The van der Waals surface area contributed by atoms with E-state index < -0.39 is 5.91 Å². The van der Waals surface area contributed by atoms with Crippen molar-refractivity contribution in [3.8, 4) is 11.3 Å². The molecule has 0 saturated carbocycles. The summed E-state index contributed by atoms with van der Waals surface area (Å²) in [4.78, 5) is 12.1. The number of hydrogen-bond donors (Lipinski definition) is 2. The molecule has 0 fully saturated rings. The van der Waals surface area contributed by atoms with Gasteiger partial charge >= 0.3 is 0 Å². The summed E-state index contributed by atoms with van der Waals surface area (Å²) in [6, 6.07) is 14.4. The van der Waals surface area contributed by atoms with Crippen LogP contribution in [0, 0.1) is 0 Å². The number of nitrogens with one attached hydrogen (secondary N) is 2. The summed E-state index contributed by atoms with van der Waals surface area (Å²) in [6.07, 6.45) is 1.40. The van der Waals surface area contributed by atoms with Gasteiger partial charge in [-0.25, -0.2) is 5.43 Å². The Morgan fingerprint density at radius 3 is 2.52 bits per heavy atom. The van der Waals surface area contributed by atoms with Crippen molar-refractivity contribution in [2.24, 2.45) is 5.10 Å². The molecule has 0 aliphatic rings. The lowest BCUT2D eigenvalue weighted by atomic mass is 10.1. The van der Waals surface area contributed by atoms with E-state index in [1.165, 1.54) is 6.21 Å². The predicted molar refractivity (Wildman–Crippen MR) is 103 cm³/mol. The lowest BCUT2D eigenvalue weighted by Crippen LogP contribution is -2.18. The zero-order chi connectivity index (χ0) is 17.8. The number of benzene rings is 2. The standard InChI is InChI=1S/C17H11BrCl2N4O/c18-11-6-4-10(5-7-11)15-8-16(23-22-15)17(25)24-21-9-12-13(19)2-1-3-14(12)20/h1-9H,(H,22,23)(H,24,25). The third kappa shape index (κ3) is 4.28. The van der Waals surface area contributed by atoms with Crippen LogP contribution in [0.1, 0.15) is 16.1 Å². The van der Waals surface area contributed by atoms with Gasteiger partial charge in [0.05, 0.1) is 22.0 Å². The molecule has 0 radical (unpaired) electrons. The van der Waals surface area contributed by atoms with Gasteiger partial charge in [-0.05, 0) is 30.3 Å². The van der Waals surface area contributed by atoms with Gasteiger partial charge in [0, 0.05) is 15.6 Å². The SMILES string of the molecule is O=C(NN=Cc1c(Cl)cccc1Cl)c1cc(-c2ccc(Br)cc2)n[nH]1. The Kier molecular flexibility index (Phi) is 5.53. The van der Waals surface area contributed by atoms with E-state index >= 15 is 0 Å². The second kappa shape index (κ2) is 7.82. The fourth-order valence-corrected chi connectivity index (χ4v) is 2.82. The fourth-order valence-electron chi connectivity index (χ4n) is 2.06. The third-order valence-corrected chi connectivity index (χ3v) is 4.51. The highest BCUT2D eigenvalue weighted by Crippen LogP contribution is 2.22. The van der Waals surface area contributed by atoms with Crippen LogP contribution in [0.2, 0.25) is 10.0 Å². The Morgan fingerprint density at radius 1 is 1.16 bits per heavy atom. The molecule has 8 heteroatoms. The number of aromatic nitrogens is 2. The zero-order valence-corrected chi connectivity index (χ0v) is 15.7. The van der Waals surface area contributed by atoms with E-state index in [1.807, 2.05) is 24.3 Å². The molecule has 3 aromatic rings. The van der Waals surface area contributed by atoms with Gasteiger partial charge in [0.2, 0.25) is 0 Å². The first kappa shape index (κ1) is 17.7.